The predicted octanol–water partition coefficient (Wildman–Crippen LogP) is 2.80. The molecule has 11 heavy (non-hydrogen) atoms. The summed E-state index contributed by atoms with van der Waals surface area (Å²) < 4.78 is 0. The third kappa shape index (κ3) is 4.41. The maximum Gasteiger partial charge on any atom is -0.00746 e. The Morgan fingerprint density at radius 1 is 1.18 bits per heavy atom. The minimum atomic E-state index is 0.824. The summed E-state index contributed by atoms with van der Waals surface area (Å²) in [5.41, 5.74) is 5.52. The molecule has 0 saturated carbocycles. The highest BCUT2D eigenvalue weighted by Gasteiger charge is 2.12. The van der Waals surface area contributed by atoms with Gasteiger partial charge in [-0.2, -0.15) is 0 Å². The van der Waals surface area contributed by atoms with Gasteiger partial charge in [-0.3, -0.25) is 0 Å². The van der Waals surface area contributed by atoms with Crippen LogP contribution in [0.1, 0.15) is 46.5 Å². The average molecular weight is 157 g/mol. The molecule has 0 bridgehead atoms. The van der Waals surface area contributed by atoms with Crippen LogP contribution in [0.3, 0.4) is 0 Å². The fourth-order valence-electron chi connectivity index (χ4n) is 1.76. The van der Waals surface area contributed by atoms with Gasteiger partial charge in [-0.25, -0.2) is 0 Å². The van der Waals surface area contributed by atoms with Crippen molar-refractivity contribution in [3.05, 3.63) is 0 Å². The highest BCUT2D eigenvalue weighted by Crippen LogP contribution is 2.22. The molecular formula is C10H23N. The molecule has 0 aliphatic heterocycles. The van der Waals surface area contributed by atoms with Gasteiger partial charge in [0, 0.05) is 0 Å². The van der Waals surface area contributed by atoms with Crippen molar-refractivity contribution in [2.24, 2.45) is 17.6 Å². The number of nitrogens with two attached hydrogens (primary N) is 1. The van der Waals surface area contributed by atoms with Crippen LogP contribution in [-0.4, -0.2) is 6.54 Å². The van der Waals surface area contributed by atoms with Gasteiger partial charge in [0.25, 0.3) is 0 Å². The van der Waals surface area contributed by atoms with E-state index in [-0.39, 0.29) is 0 Å². The van der Waals surface area contributed by atoms with Crippen LogP contribution in [0.25, 0.3) is 0 Å². The highest BCUT2D eigenvalue weighted by molar-refractivity contribution is 4.64. The Bertz CT molecular complexity index is 80.9. The van der Waals surface area contributed by atoms with Crippen molar-refractivity contribution in [2.75, 3.05) is 6.54 Å². The van der Waals surface area contributed by atoms with E-state index in [9.17, 15) is 0 Å². The fourth-order valence-corrected chi connectivity index (χ4v) is 1.76. The SMILES string of the molecule is CCCC(CC)C(C)CCN. The topological polar surface area (TPSA) is 26.0 Å². The zero-order valence-corrected chi connectivity index (χ0v) is 8.27. The number of rotatable bonds is 6. The van der Waals surface area contributed by atoms with Crippen molar-refractivity contribution in [3.63, 3.8) is 0 Å². The third-order valence-electron chi connectivity index (χ3n) is 2.61. The monoisotopic (exact) mass is 157 g/mol. The van der Waals surface area contributed by atoms with E-state index in [0.717, 1.165) is 18.4 Å². The highest BCUT2D eigenvalue weighted by atomic mass is 14.5. The second-order valence-electron chi connectivity index (χ2n) is 3.51. The summed E-state index contributed by atoms with van der Waals surface area (Å²) in [5.74, 6) is 1.73. The van der Waals surface area contributed by atoms with Crippen LogP contribution in [0.4, 0.5) is 0 Å². The summed E-state index contributed by atoms with van der Waals surface area (Å²) in [6.07, 6.45) is 5.19. The molecule has 0 aliphatic rings. The maximum absolute atomic E-state index is 5.52. The van der Waals surface area contributed by atoms with Gasteiger partial charge in [0.15, 0.2) is 0 Å². The molecule has 0 spiro atoms. The summed E-state index contributed by atoms with van der Waals surface area (Å²) in [4.78, 5) is 0. The first-order valence-electron chi connectivity index (χ1n) is 4.96. The van der Waals surface area contributed by atoms with Gasteiger partial charge in [0.05, 0.1) is 0 Å². The van der Waals surface area contributed by atoms with Crippen molar-refractivity contribution in [3.8, 4) is 0 Å². The fraction of sp³-hybridized carbons (Fsp3) is 1.00. The molecule has 68 valence electrons. The van der Waals surface area contributed by atoms with E-state index in [4.69, 9.17) is 5.73 Å². The first-order chi connectivity index (χ1) is 5.26. The van der Waals surface area contributed by atoms with Gasteiger partial charge in [0.1, 0.15) is 0 Å². The van der Waals surface area contributed by atoms with E-state index in [2.05, 4.69) is 20.8 Å². The molecular weight excluding hydrogens is 134 g/mol. The number of hydrogen-bond acceptors (Lipinski definition) is 1. The van der Waals surface area contributed by atoms with E-state index in [1.807, 2.05) is 0 Å². The lowest BCUT2D eigenvalue weighted by atomic mass is 9.86. The summed E-state index contributed by atoms with van der Waals surface area (Å²) >= 11 is 0. The zero-order chi connectivity index (χ0) is 8.69. The van der Waals surface area contributed by atoms with Gasteiger partial charge >= 0.3 is 0 Å². The molecule has 2 atom stereocenters. The Balaban J connectivity index is 3.61. The molecule has 0 fully saturated rings. The van der Waals surface area contributed by atoms with Crippen LogP contribution >= 0.6 is 0 Å². The van der Waals surface area contributed by atoms with E-state index in [0.29, 0.717) is 0 Å². The second-order valence-corrected chi connectivity index (χ2v) is 3.51. The molecule has 0 heterocycles. The Hall–Kier alpha value is -0.0400. The Morgan fingerprint density at radius 2 is 1.82 bits per heavy atom. The minimum Gasteiger partial charge on any atom is -0.330 e. The largest absolute Gasteiger partial charge is 0.330 e. The van der Waals surface area contributed by atoms with E-state index in [1.165, 1.54) is 25.7 Å². The molecule has 0 aromatic carbocycles. The molecule has 2 unspecified atom stereocenters. The van der Waals surface area contributed by atoms with Crippen molar-refractivity contribution >= 4 is 0 Å². The zero-order valence-electron chi connectivity index (χ0n) is 8.27. The Morgan fingerprint density at radius 3 is 2.18 bits per heavy atom. The van der Waals surface area contributed by atoms with Crippen LogP contribution in [0.15, 0.2) is 0 Å². The van der Waals surface area contributed by atoms with Gasteiger partial charge in [-0.05, 0) is 24.8 Å². The van der Waals surface area contributed by atoms with Gasteiger partial charge in [0.2, 0.25) is 0 Å². The Kier molecular flexibility index (Phi) is 6.63. The molecule has 1 heteroatoms. The van der Waals surface area contributed by atoms with Crippen molar-refractivity contribution in [2.45, 2.75) is 46.5 Å². The molecule has 0 saturated heterocycles. The van der Waals surface area contributed by atoms with E-state index < -0.39 is 0 Å². The van der Waals surface area contributed by atoms with Crippen molar-refractivity contribution in [1.29, 1.82) is 0 Å². The lowest BCUT2D eigenvalue weighted by Gasteiger charge is -2.21. The molecule has 2 N–H and O–H groups in total. The van der Waals surface area contributed by atoms with Crippen LogP contribution in [-0.2, 0) is 0 Å². The summed E-state index contributed by atoms with van der Waals surface area (Å²) in [7, 11) is 0. The van der Waals surface area contributed by atoms with Crippen LogP contribution in [0, 0.1) is 11.8 Å². The van der Waals surface area contributed by atoms with Crippen LogP contribution in [0.5, 0.6) is 0 Å². The molecule has 0 rings (SSSR count). The van der Waals surface area contributed by atoms with Crippen molar-refractivity contribution < 1.29 is 0 Å². The van der Waals surface area contributed by atoms with E-state index >= 15 is 0 Å². The first-order valence-corrected chi connectivity index (χ1v) is 4.96. The summed E-state index contributed by atoms with van der Waals surface area (Å²) in [6.45, 7) is 7.73. The summed E-state index contributed by atoms with van der Waals surface area (Å²) in [5, 5.41) is 0. The van der Waals surface area contributed by atoms with Gasteiger partial charge in [-0.15, -0.1) is 0 Å². The summed E-state index contributed by atoms with van der Waals surface area (Å²) in [6, 6.07) is 0. The molecule has 0 aromatic heterocycles. The number of hydrogen-bond donors (Lipinski definition) is 1. The lowest BCUT2D eigenvalue weighted by Crippen LogP contribution is -2.15. The molecule has 0 aromatic rings. The van der Waals surface area contributed by atoms with E-state index in [1.54, 1.807) is 0 Å². The van der Waals surface area contributed by atoms with Crippen LogP contribution in [0.2, 0.25) is 0 Å². The predicted molar refractivity (Wildman–Crippen MR) is 51.5 cm³/mol. The normalized spacial score (nSPS) is 16.4. The third-order valence-corrected chi connectivity index (χ3v) is 2.61. The standard InChI is InChI=1S/C10H23N/c1-4-6-10(5-2)9(3)7-8-11/h9-10H,4-8,11H2,1-3H3. The Labute approximate surface area is 71.4 Å². The molecule has 1 nitrogen and oxygen atoms in total. The quantitative estimate of drug-likeness (QED) is 0.630. The van der Waals surface area contributed by atoms with Crippen molar-refractivity contribution in [1.82, 2.24) is 0 Å². The smallest absolute Gasteiger partial charge is 0.00746 e. The van der Waals surface area contributed by atoms with Crippen LogP contribution < -0.4 is 5.73 Å². The molecule has 0 amide bonds. The van der Waals surface area contributed by atoms with Gasteiger partial charge < -0.3 is 5.73 Å². The lowest BCUT2D eigenvalue weighted by molar-refractivity contribution is 0.310. The second kappa shape index (κ2) is 6.66. The maximum atomic E-state index is 5.52. The first kappa shape index (κ1) is 11.0. The minimum absolute atomic E-state index is 0.824. The molecule has 0 radical (unpaired) electrons. The van der Waals surface area contributed by atoms with Gasteiger partial charge in [-0.1, -0.05) is 40.0 Å². The molecule has 0 aliphatic carbocycles. The average Bonchev–Trinajstić information content (AvgIpc) is 2.00.